The number of carbonyl (C=O) groups is 9. The van der Waals surface area contributed by atoms with Crippen molar-refractivity contribution in [2.45, 2.75) is 121 Å². The number of urea groups is 1. The monoisotopic (exact) mass is 1330 g/mol. The molecule has 0 saturated carbocycles. The molecular weight excluding hydrogens is 1240 g/mol. The SMILES string of the molecule is CN1CCN(CC(=O)O)CCN(CC(=O)O)CCN(CC(=O)O)C(Cc2ccc(Nc3nc(NCCOCCOCCC(=O)O)nc(N4CCN(CCCCCCCCCCC(=O)NCCCC[C@H](NC(=O)N[C@@H](CCC(=O)O)C(=O)O)C(=O)O)CC4)n3)cc2)C1.O=C=O. The lowest BCUT2D eigenvalue weighted by Gasteiger charge is -2.37. The van der Waals surface area contributed by atoms with Gasteiger partial charge in [-0.15, -0.1) is 0 Å². The number of likely N-dealkylation sites (N-methyl/N-ethyl adjacent to an activating group) is 1. The number of carboxylic acid groups (broad SMARTS) is 7. The lowest BCUT2D eigenvalue weighted by atomic mass is 10.0. The van der Waals surface area contributed by atoms with E-state index in [1.807, 2.05) is 36.2 Å². The van der Waals surface area contributed by atoms with Gasteiger partial charge >= 0.3 is 54.0 Å². The van der Waals surface area contributed by atoms with E-state index in [2.05, 4.69) is 46.3 Å². The molecule has 2 fully saturated rings. The molecule has 12 N–H and O–H groups in total. The molecular formula is C60H96N14O20. The van der Waals surface area contributed by atoms with E-state index in [-0.39, 0.29) is 89.9 Å². The fourth-order valence-corrected chi connectivity index (χ4v) is 10.4. The number of carbonyl (C=O) groups excluding carboxylic acids is 4. The summed E-state index contributed by atoms with van der Waals surface area (Å²) in [7, 11) is 1.92. The topological polar surface area (TPSA) is 466 Å². The average molecular weight is 1330 g/mol. The number of unbranched alkanes of at least 4 members (excludes halogenated alkanes) is 8. The largest absolute Gasteiger partial charge is 0.481 e. The van der Waals surface area contributed by atoms with Gasteiger partial charge in [-0.1, -0.05) is 50.7 Å². The van der Waals surface area contributed by atoms with Crippen LogP contribution < -0.4 is 31.5 Å². The van der Waals surface area contributed by atoms with E-state index in [0.29, 0.717) is 115 Å². The third kappa shape index (κ3) is 36.9. The number of benzene rings is 1. The lowest BCUT2D eigenvalue weighted by molar-refractivity contribution is -0.192. The van der Waals surface area contributed by atoms with Gasteiger partial charge < -0.3 is 81.6 Å². The van der Waals surface area contributed by atoms with Crippen molar-refractivity contribution in [3.63, 3.8) is 0 Å². The van der Waals surface area contributed by atoms with Crippen molar-refractivity contribution in [3.05, 3.63) is 29.8 Å². The van der Waals surface area contributed by atoms with Crippen LogP contribution >= 0.6 is 0 Å². The minimum Gasteiger partial charge on any atom is -0.481 e. The molecule has 34 nitrogen and oxygen atoms in total. The molecule has 3 amide bonds. The van der Waals surface area contributed by atoms with E-state index in [9.17, 15) is 68.7 Å². The van der Waals surface area contributed by atoms with E-state index in [4.69, 9.17) is 39.2 Å². The standard InChI is InChI=1S/C59H96N14O18.CO2/c1-68-24-25-70(40-51(79)80)26-27-71(41-52(81)82)30-33-73(42-53(83)84)45(39-68)38-43-14-16-44(17-15-43)62-57-65-56(61-22-35-91-37-36-90-34-20-50(77)78)66-58(67-57)72-31-28-69(29-32-72)23-11-7-5-3-2-4-6-8-13-48(74)60-21-10-9-12-46(54(85)86)63-59(89)64-47(55(87)88)18-19-49(75)76;2-1-3/h14-17,45-47H,2-13,18-42H2,1H3,(H,60,74)(H,75,76)(H,77,78)(H,79,80)(H,81,82)(H,83,84)(H,85,86)(H,87,88)(H2,63,64,89)(H2,61,62,65,66,67);/t45?,46-,47-;/m0./s1. The first-order valence-electron chi connectivity index (χ1n) is 31.8. The van der Waals surface area contributed by atoms with Crippen LogP contribution in [0, 0.1) is 0 Å². The smallest absolute Gasteiger partial charge is 0.373 e. The Morgan fingerprint density at radius 1 is 0.543 bits per heavy atom. The maximum Gasteiger partial charge on any atom is 0.373 e. The molecule has 4 rings (SSSR count). The third-order valence-electron chi connectivity index (χ3n) is 15.4. The van der Waals surface area contributed by atoms with Crippen LogP contribution in [0.25, 0.3) is 0 Å². The molecule has 94 heavy (non-hydrogen) atoms. The first-order valence-corrected chi connectivity index (χ1v) is 31.8. The Balaban J connectivity index is 0.00000753. The number of nitrogens with zero attached hydrogens (tertiary/aromatic N) is 9. The van der Waals surface area contributed by atoms with Crippen molar-refractivity contribution in [1.82, 2.24) is 55.4 Å². The second-order valence-corrected chi connectivity index (χ2v) is 22.9. The van der Waals surface area contributed by atoms with E-state index in [0.717, 1.165) is 76.6 Å². The molecule has 1 aromatic carbocycles. The summed E-state index contributed by atoms with van der Waals surface area (Å²) in [6.07, 6.45) is 9.20. The molecule has 0 spiro atoms. The minimum atomic E-state index is -1.49. The molecule has 0 aliphatic carbocycles. The fourth-order valence-electron chi connectivity index (χ4n) is 10.4. The molecule has 0 bridgehead atoms. The first-order chi connectivity index (χ1) is 45.0. The van der Waals surface area contributed by atoms with Crippen LogP contribution in [-0.2, 0) is 63.8 Å². The van der Waals surface area contributed by atoms with Crippen LogP contribution in [0.5, 0.6) is 0 Å². The summed E-state index contributed by atoms with van der Waals surface area (Å²) in [5.74, 6) is -6.88. The number of anilines is 4. The Morgan fingerprint density at radius 3 is 1.66 bits per heavy atom. The zero-order valence-corrected chi connectivity index (χ0v) is 53.7. The van der Waals surface area contributed by atoms with Gasteiger partial charge in [0.25, 0.3) is 0 Å². The van der Waals surface area contributed by atoms with Crippen molar-refractivity contribution in [2.24, 2.45) is 0 Å². The third-order valence-corrected chi connectivity index (χ3v) is 15.4. The van der Waals surface area contributed by atoms with Crippen molar-refractivity contribution in [1.29, 1.82) is 0 Å². The lowest BCUT2D eigenvalue weighted by Crippen LogP contribution is -2.52. The van der Waals surface area contributed by atoms with Gasteiger partial charge in [-0.05, 0) is 76.2 Å². The van der Waals surface area contributed by atoms with Crippen LogP contribution in [-0.4, -0.2) is 298 Å². The molecule has 526 valence electrons. The van der Waals surface area contributed by atoms with Crippen LogP contribution in [0.2, 0.25) is 0 Å². The molecule has 3 atom stereocenters. The van der Waals surface area contributed by atoms with Gasteiger partial charge in [0, 0.05) is 110 Å². The van der Waals surface area contributed by atoms with E-state index in [1.165, 1.54) is 0 Å². The summed E-state index contributed by atoms with van der Waals surface area (Å²) in [5.41, 5.74) is 1.63. The Morgan fingerprint density at radius 2 is 1.07 bits per heavy atom. The molecule has 2 aliphatic rings. The number of amides is 3. The average Bonchev–Trinajstić information content (AvgIpc) is 0.851. The molecule has 1 unspecified atom stereocenters. The number of nitrogens with one attached hydrogen (secondary N) is 5. The highest BCUT2D eigenvalue weighted by molar-refractivity contribution is 5.86. The number of hydrogen-bond acceptors (Lipinski definition) is 24. The van der Waals surface area contributed by atoms with Crippen molar-refractivity contribution in [2.75, 3.05) is 160 Å². The van der Waals surface area contributed by atoms with Gasteiger partial charge in [-0.25, -0.2) is 14.4 Å². The van der Waals surface area contributed by atoms with Gasteiger partial charge in [0.05, 0.1) is 52.5 Å². The highest BCUT2D eigenvalue weighted by Gasteiger charge is 2.28. The first kappa shape index (κ1) is 80.0. The minimum absolute atomic E-state index is 0.0439. The van der Waals surface area contributed by atoms with Crippen LogP contribution in [0.3, 0.4) is 0 Å². The summed E-state index contributed by atoms with van der Waals surface area (Å²) < 4.78 is 11.0. The molecule has 2 aromatic rings. The predicted molar refractivity (Wildman–Crippen MR) is 338 cm³/mol. The Hall–Kier alpha value is -8.24. The molecule has 2 saturated heterocycles. The van der Waals surface area contributed by atoms with E-state index >= 15 is 0 Å². The number of aliphatic carboxylic acids is 7. The van der Waals surface area contributed by atoms with Crippen LogP contribution in [0.1, 0.15) is 102 Å². The van der Waals surface area contributed by atoms with Crippen molar-refractivity contribution >= 4 is 83.4 Å². The number of aromatic nitrogens is 3. The highest BCUT2D eigenvalue weighted by atomic mass is 16.5. The fraction of sp³-hybridized carbons (Fsp3) is 0.683. The van der Waals surface area contributed by atoms with Crippen LogP contribution in [0.15, 0.2) is 24.3 Å². The molecule has 2 aliphatic heterocycles. The molecule has 1 aromatic heterocycles. The summed E-state index contributed by atoms with van der Waals surface area (Å²) in [5, 5.41) is 79.3. The second kappa shape index (κ2) is 46.8. The predicted octanol–water partition coefficient (Wildman–Crippen LogP) is 0.958. The Bertz CT molecular complexity index is 2670. The summed E-state index contributed by atoms with van der Waals surface area (Å²) in [4.78, 5) is 147. The van der Waals surface area contributed by atoms with Gasteiger partial charge in [-0.3, -0.25) is 48.4 Å². The number of rotatable bonds is 44. The van der Waals surface area contributed by atoms with E-state index < -0.39 is 66.3 Å². The quantitative estimate of drug-likeness (QED) is 0.0411. The summed E-state index contributed by atoms with van der Waals surface area (Å²) in [6.45, 7) is 7.56. The maximum absolute atomic E-state index is 12.4. The number of hydrogen-bond donors (Lipinski definition) is 12. The normalized spacial score (nSPS) is 16.1. The molecule has 3 heterocycles. The van der Waals surface area contributed by atoms with Crippen molar-refractivity contribution < 1.29 is 98.0 Å². The Kier molecular flexibility index (Phi) is 39.8. The summed E-state index contributed by atoms with van der Waals surface area (Å²) in [6, 6.07) is 3.59. The zero-order chi connectivity index (χ0) is 69.0. The second-order valence-electron chi connectivity index (χ2n) is 22.9. The molecule has 0 radical (unpaired) electrons. The Labute approximate surface area is 546 Å². The van der Waals surface area contributed by atoms with Gasteiger partial charge in [0.15, 0.2) is 0 Å². The van der Waals surface area contributed by atoms with Gasteiger partial charge in [-0.2, -0.15) is 24.5 Å². The van der Waals surface area contributed by atoms with Crippen LogP contribution in [0.4, 0.5) is 28.3 Å². The number of carboxylic acids is 7. The number of ether oxygens (including phenoxy) is 2. The van der Waals surface area contributed by atoms with E-state index in [1.54, 1.807) is 9.80 Å². The maximum atomic E-state index is 12.4. The molecule has 34 heteroatoms. The zero-order valence-electron chi connectivity index (χ0n) is 53.7. The van der Waals surface area contributed by atoms with Gasteiger partial charge in [0.2, 0.25) is 23.8 Å². The van der Waals surface area contributed by atoms with Crippen molar-refractivity contribution in [3.8, 4) is 0 Å². The highest BCUT2D eigenvalue weighted by Crippen LogP contribution is 2.22. The van der Waals surface area contributed by atoms with Gasteiger partial charge in [0.1, 0.15) is 12.1 Å². The number of piperazine rings is 1. The summed E-state index contributed by atoms with van der Waals surface area (Å²) >= 11 is 0.